The molecule has 0 atom stereocenters. The van der Waals surface area contributed by atoms with Crippen molar-refractivity contribution in [2.24, 2.45) is 5.73 Å². The van der Waals surface area contributed by atoms with Crippen LogP contribution in [-0.4, -0.2) is 36.9 Å². The number of hydrogen-bond acceptors (Lipinski definition) is 3. The van der Waals surface area contributed by atoms with E-state index in [1.165, 1.54) is 4.90 Å². The summed E-state index contributed by atoms with van der Waals surface area (Å²) in [6, 6.07) is 7.15. The van der Waals surface area contributed by atoms with Crippen molar-refractivity contribution >= 4 is 11.8 Å². The number of carbonyl (C=O) groups is 2. The van der Waals surface area contributed by atoms with Gasteiger partial charge in [-0.3, -0.25) is 9.59 Å². The van der Waals surface area contributed by atoms with Crippen molar-refractivity contribution in [3.8, 4) is 0 Å². The van der Waals surface area contributed by atoms with E-state index in [-0.39, 0.29) is 18.4 Å². The van der Waals surface area contributed by atoms with Gasteiger partial charge in [0, 0.05) is 25.7 Å². The molecule has 2 amide bonds. The van der Waals surface area contributed by atoms with Crippen LogP contribution in [0.4, 0.5) is 0 Å². The summed E-state index contributed by atoms with van der Waals surface area (Å²) in [7, 11) is 1.55. The molecular formula is C13H19N3O2. The largest absolute Gasteiger partial charge is 0.358 e. The first-order chi connectivity index (χ1) is 8.62. The third-order valence-corrected chi connectivity index (χ3v) is 2.69. The zero-order valence-electron chi connectivity index (χ0n) is 10.8. The fourth-order valence-corrected chi connectivity index (χ4v) is 1.59. The van der Waals surface area contributed by atoms with Crippen LogP contribution in [0.5, 0.6) is 0 Å². The molecule has 0 unspecified atom stereocenters. The van der Waals surface area contributed by atoms with Gasteiger partial charge in [-0.05, 0) is 24.6 Å². The first-order valence-electron chi connectivity index (χ1n) is 5.91. The minimum absolute atomic E-state index is 0.0681. The van der Waals surface area contributed by atoms with Crippen molar-refractivity contribution in [1.29, 1.82) is 0 Å². The monoisotopic (exact) mass is 249 g/mol. The molecule has 0 aliphatic heterocycles. The second-order valence-electron chi connectivity index (χ2n) is 3.90. The second-order valence-corrected chi connectivity index (χ2v) is 3.90. The number of likely N-dealkylation sites (N-methyl/N-ethyl adjacent to an activating group) is 2. The summed E-state index contributed by atoms with van der Waals surface area (Å²) >= 11 is 0. The number of rotatable bonds is 5. The molecule has 5 nitrogen and oxygen atoms in total. The van der Waals surface area contributed by atoms with Gasteiger partial charge < -0.3 is 16.0 Å². The van der Waals surface area contributed by atoms with E-state index in [2.05, 4.69) is 5.32 Å². The average Bonchev–Trinajstić information content (AvgIpc) is 2.43. The van der Waals surface area contributed by atoms with E-state index in [9.17, 15) is 9.59 Å². The summed E-state index contributed by atoms with van der Waals surface area (Å²) in [4.78, 5) is 25.0. The second kappa shape index (κ2) is 6.76. The summed E-state index contributed by atoms with van der Waals surface area (Å²) in [5, 5.41) is 2.51. The van der Waals surface area contributed by atoms with Gasteiger partial charge in [-0.25, -0.2) is 0 Å². The Labute approximate surface area is 107 Å². The lowest BCUT2D eigenvalue weighted by Crippen LogP contribution is -2.39. The number of nitrogens with one attached hydrogen (secondary N) is 1. The van der Waals surface area contributed by atoms with Crippen LogP contribution < -0.4 is 11.1 Å². The predicted molar refractivity (Wildman–Crippen MR) is 70.0 cm³/mol. The van der Waals surface area contributed by atoms with Gasteiger partial charge >= 0.3 is 0 Å². The van der Waals surface area contributed by atoms with Crippen LogP contribution in [0.25, 0.3) is 0 Å². The molecule has 0 fully saturated rings. The molecule has 0 aliphatic rings. The molecule has 1 aromatic rings. The molecular weight excluding hydrogens is 230 g/mol. The maximum atomic E-state index is 12.2. The first kappa shape index (κ1) is 14.2. The van der Waals surface area contributed by atoms with E-state index >= 15 is 0 Å². The Kier molecular flexibility index (Phi) is 5.32. The maximum absolute atomic E-state index is 12.2. The quantitative estimate of drug-likeness (QED) is 0.791. The van der Waals surface area contributed by atoms with E-state index in [0.717, 1.165) is 5.56 Å². The van der Waals surface area contributed by atoms with Crippen molar-refractivity contribution < 1.29 is 9.59 Å². The molecule has 98 valence electrons. The number of nitrogens with two attached hydrogens (primary N) is 1. The minimum Gasteiger partial charge on any atom is -0.358 e. The third kappa shape index (κ3) is 3.56. The van der Waals surface area contributed by atoms with E-state index in [0.29, 0.717) is 18.7 Å². The lowest BCUT2D eigenvalue weighted by molar-refractivity contribution is -0.121. The molecule has 0 saturated carbocycles. The van der Waals surface area contributed by atoms with Crippen LogP contribution in [0.2, 0.25) is 0 Å². The Morgan fingerprint density at radius 1 is 1.39 bits per heavy atom. The number of carbonyl (C=O) groups excluding carboxylic acids is 2. The fraction of sp³-hybridized carbons (Fsp3) is 0.385. The van der Waals surface area contributed by atoms with E-state index in [1.807, 2.05) is 13.0 Å². The average molecular weight is 249 g/mol. The zero-order chi connectivity index (χ0) is 13.5. The number of nitrogens with zero attached hydrogens (tertiary/aromatic N) is 1. The van der Waals surface area contributed by atoms with Gasteiger partial charge in [0.15, 0.2) is 0 Å². The highest BCUT2D eigenvalue weighted by atomic mass is 16.2. The van der Waals surface area contributed by atoms with Gasteiger partial charge in [0.2, 0.25) is 5.91 Å². The molecule has 1 aromatic carbocycles. The highest BCUT2D eigenvalue weighted by molar-refractivity contribution is 5.96. The van der Waals surface area contributed by atoms with E-state index in [4.69, 9.17) is 5.73 Å². The van der Waals surface area contributed by atoms with Crippen LogP contribution in [0.15, 0.2) is 24.3 Å². The lowest BCUT2D eigenvalue weighted by atomic mass is 10.1. The highest BCUT2D eigenvalue weighted by Gasteiger charge is 2.16. The molecule has 1 rings (SSSR count). The molecule has 0 aromatic heterocycles. The van der Waals surface area contributed by atoms with E-state index < -0.39 is 0 Å². The summed E-state index contributed by atoms with van der Waals surface area (Å²) < 4.78 is 0. The Hall–Kier alpha value is -1.88. The Bertz CT molecular complexity index is 432. The van der Waals surface area contributed by atoms with Crippen molar-refractivity contribution in [3.63, 3.8) is 0 Å². The summed E-state index contributed by atoms with van der Waals surface area (Å²) in [6.07, 6.45) is 0. The first-order valence-corrected chi connectivity index (χ1v) is 5.91. The van der Waals surface area contributed by atoms with Crippen molar-refractivity contribution in [2.45, 2.75) is 13.5 Å². The Balaban J connectivity index is 2.85. The molecule has 5 heteroatoms. The van der Waals surface area contributed by atoms with Crippen LogP contribution in [0, 0.1) is 0 Å². The standard InChI is InChI=1S/C13H19N3O2/c1-3-16(9-12(17)15-2)13(18)11-6-4-5-10(7-11)8-14/h4-7H,3,8-9,14H2,1-2H3,(H,15,17). The fourth-order valence-electron chi connectivity index (χ4n) is 1.59. The molecule has 0 heterocycles. The van der Waals surface area contributed by atoms with Gasteiger partial charge in [0.1, 0.15) is 0 Å². The highest BCUT2D eigenvalue weighted by Crippen LogP contribution is 2.08. The zero-order valence-corrected chi connectivity index (χ0v) is 10.8. The Morgan fingerprint density at radius 2 is 2.11 bits per heavy atom. The minimum atomic E-state index is -0.180. The predicted octanol–water partition coefficient (Wildman–Crippen LogP) is 0.353. The van der Waals surface area contributed by atoms with Crippen LogP contribution in [0.3, 0.4) is 0 Å². The molecule has 0 radical (unpaired) electrons. The molecule has 0 aliphatic carbocycles. The van der Waals surface area contributed by atoms with Crippen molar-refractivity contribution in [3.05, 3.63) is 35.4 Å². The molecule has 0 bridgehead atoms. The van der Waals surface area contributed by atoms with Gasteiger partial charge in [0.05, 0.1) is 6.54 Å². The molecule has 0 saturated heterocycles. The summed E-state index contributed by atoms with van der Waals surface area (Å²) in [5.74, 6) is -0.337. The lowest BCUT2D eigenvalue weighted by Gasteiger charge is -2.20. The van der Waals surface area contributed by atoms with Crippen molar-refractivity contribution in [1.82, 2.24) is 10.2 Å². The SMILES string of the molecule is CCN(CC(=O)NC)C(=O)c1cccc(CN)c1. The van der Waals surface area contributed by atoms with Crippen LogP contribution in [0.1, 0.15) is 22.8 Å². The van der Waals surface area contributed by atoms with Crippen LogP contribution in [-0.2, 0) is 11.3 Å². The van der Waals surface area contributed by atoms with Gasteiger partial charge in [0.25, 0.3) is 5.91 Å². The molecule has 3 N–H and O–H groups in total. The maximum Gasteiger partial charge on any atom is 0.254 e. The number of amides is 2. The number of benzene rings is 1. The molecule has 18 heavy (non-hydrogen) atoms. The van der Waals surface area contributed by atoms with Gasteiger partial charge in [-0.1, -0.05) is 12.1 Å². The van der Waals surface area contributed by atoms with Crippen LogP contribution >= 0.6 is 0 Å². The topological polar surface area (TPSA) is 75.4 Å². The normalized spacial score (nSPS) is 9.94. The van der Waals surface area contributed by atoms with Gasteiger partial charge in [-0.2, -0.15) is 0 Å². The van der Waals surface area contributed by atoms with E-state index in [1.54, 1.807) is 25.2 Å². The smallest absolute Gasteiger partial charge is 0.254 e. The third-order valence-electron chi connectivity index (χ3n) is 2.69. The summed E-state index contributed by atoms with van der Waals surface area (Å²) in [6.45, 7) is 2.79. The molecule has 0 spiro atoms. The summed E-state index contributed by atoms with van der Waals surface area (Å²) in [5.41, 5.74) is 7.00. The number of hydrogen-bond donors (Lipinski definition) is 2. The van der Waals surface area contributed by atoms with Gasteiger partial charge in [-0.15, -0.1) is 0 Å². The Morgan fingerprint density at radius 3 is 2.67 bits per heavy atom. The van der Waals surface area contributed by atoms with Crippen molar-refractivity contribution in [2.75, 3.05) is 20.1 Å².